The molecule has 0 spiro atoms. The molecule has 8 nitrogen and oxygen atoms in total. The molecule has 2 atom stereocenters. The van der Waals surface area contributed by atoms with Gasteiger partial charge >= 0.3 is 0 Å². The summed E-state index contributed by atoms with van der Waals surface area (Å²) < 4.78 is 20.4. The number of nitrogens with zero attached hydrogens (tertiary/aromatic N) is 4. The molecule has 2 fully saturated rings. The number of amides is 1. The standard InChI is InChI=1S/C26H31ClFN5O3/c27-16-12-30-25(31-13-16)20-14-33(15-21(20)29)26(35)19-6-5-17(28)11-24(19)36-18-7-9-32(10-8-18)22-3-1-2-4-23(22)34/h5-6,11-13,18,22-23,34H,1-4,7-10,14-15,29H2/t22-,23-/m0/s1. The monoisotopic (exact) mass is 515 g/mol. The Balaban J connectivity index is 1.25. The molecule has 36 heavy (non-hydrogen) atoms. The summed E-state index contributed by atoms with van der Waals surface area (Å²) in [5, 5.41) is 10.8. The summed E-state index contributed by atoms with van der Waals surface area (Å²) in [6.07, 6.45) is 8.19. The second-order valence-corrected chi connectivity index (χ2v) is 10.2. The molecule has 1 aromatic heterocycles. The minimum Gasteiger partial charge on any atom is -0.489 e. The Morgan fingerprint density at radius 2 is 1.83 bits per heavy atom. The number of benzene rings is 1. The summed E-state index contributed by atoms with van der Waals surface area (Å²) in [5.74, 6) is -0.0816. The Labute approximate surface area is 214 Å². The summed E-state index contributed by atoms with van der Waals surface area (Å²) in [6, 6.07) is 4.22. The van der Waals surface area contributed by atoms with Crippen LogP contribution >= 0.6 is 11.6 Å². The van der Waals surface area contributed by atoms with Gasteiger partial charge in [0, 0.05) is 48.9 Å². The fraction of sp³-hybridized carbons (Fsp3) is 0.500. The summed E-state index contributed by atoms with van der Waals surface area (Å²) in [7, 11) is 0. The average molecular weight is 516 g/mol. The largest absolute Gasteiger partial charge is 0.489 e. The number of rotatable bonds is 5. The number of halogens is 2. The van der Waals surface area contributed by atoms with Gasteiger partial charge in [-0.2, -0.15) is 0 Å². The van der Waals surface area contributed by atoms with Crippen LogP contribution < -0.4 is 10.5 Å². The van der Waals surface area contributed by atoms with Gasteiger partial charge in [0.25, 0.3) is 5.91 Å². The second kappa shape index (κ2) is 10.7. The van der Waals surface area contributed by atoms with E-state index in [1.165, 1.54) is 30.6 Å². The lowest BCUT2D eigenvalue weighted by Gasteiger charge is -2.41. The van der Waals surface area contributed by atoms with Gasteiger partial charge in [-0.15, -0.1) is 0 Å². The molecule has 1 saturated heterocycles. The molecular formula is C26H31ClFN5O3. The van der Waals surface area contributed by atoms with Crippen LogP contribution in [0.3, 0.4) is 0 Å². The van der Waals surface area contributed by atoms with E-state index in [1.807, 2.05) is 0 Å². The van der Waals surface area contributed by atoms with Crippen molar-refractivity contribution in [3.05, 3.63) is 58.5 Å². The quantitative estimate of drug-likeness (QED) is 0.629. The third-order valence-corrected chi connectivity index (χ3v) is 7.58. The van der Waals surface area contributed by atoms with Gasteiger partial charge < -0.3 is 20.5 Å². The minimum atomic E-state index is -0.460. The molecule has 3 heterocycles. The van der Waals surface area contributed by atoms with E-state index < -0.39 is 5.82 Å². The number of aromatic nitrogens is 2. The predicted molar refractivity (Wildman–Crippen MR) is 134 cm³/mol. The minimum absolute atomic E-state index is 0.130. The number of aliphatic hydroxyl groups excluding tert-OH is 1. The average Bonchev–Trinajstić information content (AvgIpc) is 3.27. The molecule has 2 aromatic rings. The lowest BCUT2D eigenvalue weighted by Crippen LogP contribution is -2.50. The highest BCUT2D eigenvalue weighted by Crippen LogP contribution is 2.31. The maximum absolute atomic E-state index is 14.2. The molecule has 0 unspecified atom stereocenters. The normalized spacial score (nSPS) is 23.8. The lowest BCUT2D eigenvalue weighted by molar-refractivity contribution is -0.00709. The zero-order valence-corrected chi connectivity index (χ0v) is 20.8. The number of nitrogens with two attached hydrogens (primary N) is 1. The first kappa shape index (κ1) is 24.9. The van der Waals surface area contributed by atoms with Gasteiger partial charge in [-0.05, 0) is 37.8 Å². The molecule has 0 radical (unpaired) electrons. The molecule has 3 N–H and O–H groups in total. The lowest BCUT2D eigenvalue weighted by atomic mass is 9.90. The van der Waals surface area contributed by atoms with Crippen LogP contribution in [-0.4, -0.2) is 75.2 Å². The summed E-state index contributed by atoms with van der Waals surface area (Å²) in [5.41, 5.74) is 7.68. The van der Waals surface area contributed by atoms with Crippen LogP contribution in [0.5, 0.6) is 5.75 Å². The molecule has 2 aliphatic heterocycles. The number of carbonyl (C=O) groups is 1. The summed E-state index contributed by atoms with van der Waals surface area (Å²) in [6.45, 7) is 2.08. The molecule has 10 heteroatoms. The number of aliphatic hydroxyl groups is 1. The van der Waals surface area contributed by atoms with E-state index in [9.17, 15) is 14.3 Å². The molecule has 1 saturated carbocycles. The number of hydrogen-bond acceptors (Lipinski definition) is 7. The van der Waals surface area contributed by atoms with Gasteiger partial charge in [0.05, 0.1) is 29.8 Å². The summed E-state index contributed by atoms with van der Waals surface area (Å²) in [4.78, 5) is 25.8. The van der Waals surface area contributed by atoms with E-state index >= 15 is 0 Å². The first-order valence-electron chi connectivity index (χ1n) is 12.5. The fourth-order valence-electron chi connectivity index (χ4n) is 5.44. The van der Waals surface area contributed by atoms with Crippen LogP contribution in [0.4, 0.5) is 4.39 Å². The van der Waals surface area contributed by atoms with E-state index in [0.29, 0.717) is 27.7 Å². The highest BCUT2D eigenvalue weighted by atomic mass is 35.5. The van der Waals surface area contributed by atoms with E-state index in [4.69, 9.17) is 22.1 Å². The Hall–Kier alpha value is -2.75. The zero-order chi connectivity index (χ0) is 25.2. The molecule has 0 bridgehead atoms. The Morgan fingerprint density at radius 3 is 2.56 bits per heavy atom. The SMILES string of the molecule is NC1=C(c2ncc(Cl)cn2)CN(C(=O)c2ccc(F)cc2OC2CCN([C@H]3CCCC[C@@H]3O)CC2)C1. The number of carbonyl (C=O) groups excluding carboxylic acids is 1. The number of likely N-dealkylation sites (tertiary alicyclic amines) is 1. The fourth-order valence-corrected chi connectivity index (χ4v) is 5.54. The van der Waals surface area contributed by atoms with E-state index in [0.717, 1.165) is 51.6 Å². The van der Waals surface area contributed by atoms with E-state index in [-0.39, 0.29) is 43.0 Å². The maximum Gasteiger partial charge on any atom is 0.258 e. The van der Waals surface area contributed by atoms with Crippen molar-refractivity contribution in [2.45, 2.75) is 56.8 Å². The van der Waals surface area contributed by atoms with Crippen LogP contribution in [0.1, 0.15) is 54.7 Å². The van der Waals surface area contributed by atoms with Gasteiger partial charge in [-0.25, -0.2) is 14.4 Å². The van der Waals surface area contributed by atoms with Crippen LogP contribution in [0.2, 0.25) is 5.02 Å². The first-order chi connectivity index (χ1) is 17.4. The number of hydrogen-bond donors (Lipinski definition) is 2. The third kappa shape index (κ3) is 5.33. The Bertz CT molecular complexity index is 1140. The maximum atomic E-state index is 14.2. The molecule has 3 aliphatic rings. The van der Waals surface area contributed by atoms with Crippen molar-refractivity contribution in [2.75, 3.05) is 26.2 Å². The van der Waals surface area contributed by atoms with Crippen molar-refractivity contribution < 1.29 is 19.0 Å². The highest BCUT2D eigenvalue weighted by Gasteiger charge is 2.33. The van der Waals surface area contributed by atoms with Crippen molar-refractivity contribution in [3.8, 4) is 5.75 Å². The first-order valence-corrected chi connectivity index (χ1v) is 12.9. The van der Waals surface area contributed by atoms with Gasteiger partial charge in [-0.1, -0.05) is 24.4 Å². The molecule has 1 aromatic carbocycles. The Morgan fingerprint density at radius 1 is 1.11 bits per heavy atom. The smallest absolute Gasteiger partial charge is 0.258 e. The molecule has 1 aliphatic carbocycles. The zero-order valence-electron chi connectivity index (χ0n) is 20.1. The second-order valence-electron chi connectivity index (χ2n) is 9.80. The van der Waals surface area contributed by atoms with Gasteiger partial charge in [0.15, 0.2) is 5.82 Å². The Kier molecular flexibility index (Phi) is 7.41. The van der Waals surface area contributed by atoms with Crippen LogP contribution in [0.15, 0.2) is 36.3 Å². The van der Waals surface area contributed by atoms with Gasteiger partial charge in [0.1, 0.15) is 17.7 Å². The van der Waals surface area contributed by atoms with Crippen molar-refractivity contribution in [1.82, 2.24) is 19.8 Å². The topological polar surface area (TPSA) is 105 Å². The van der Waals surface area contributed by atoms with Crippen LogP contribution in [-0.2, 0) is 0 Å². The van der Waals surface area contributed by atoms with Crippen molar-refractivity contribution >= 4 is 23.1 Å². The third-order valence-electron chi connectivity index (χ3n) is 7.38. The number of ether oxygens (including phenoxy) is 1. The number of piperidine rings is 1. The predicted octanol–water partition coefficient (Wildman–Crippen LogP) is 3.24. The van der Waals surface area contributed by atoms with Gasteiger partial charge in [-0.3, -0.25) is 9.69 Å². The van der Waals surface area contributed by atoms with Crippen molar-refractivity contribution in [2.24, 2.45) is 5.73 Å². The highest BCUT2D eigenvalue weighted by molar-refractivity contribution is 6.30. The van der Waals surface area contributed by atoms with Gasteiger partial charge in [0.2, 0.25) is 0 Å². The molecule has 5 rings (SSSR count). The molecule has 1 amide bonds. The van der Waals surface area contributed by atoms with Crippen molar-refractivity contribution in [3.63, 3.8) is 0 Å². The van der Waals surface area contributed by atoms with E-state index in [1.54, 1.807) is 4.90 Å². The van der Waals surface area contributed by atoms with Crippen LogP contribution in [0.25, 0.3) is 5.57 Å². The van der Waals surface area contributed by atoms with E-state index in [2.05, 4.69) is 14.9 Å². The summed E-state index contributed by atoms with van der Waals surface area (Å²) >= 11 is 5.88. The van der Waals surface area contributed by atoms with Crippen molar-refractivity contribution in [1.29, 1.82) is 0 Å². The molecule has 192 valence electrons. The van der Waals surface area contributed by atoms with Crippen LogP contribution in [0, 0.1) is 5.82 Å². The molecular weight excluding hydrogens is 485 g/mol.